The number of nitrogens with one attached hydrogen (secondary N) is 1. The Morgan fingerprint density at radius 1 is 1.24 bits per heavy atom. The summed E-state index contributed by atoms with van der Waals surface area (Å²) in [6.07, 6.45) is 0. The van der Waals surface area contributed by atoms with Crippen LogP contribution in [0.4, 0.5) is 17.1 Å². The smallest absolute Gasteiger partial charge is 0.257 e. The second-order valence-electron chi connectivity index (χ2n) is 5.05. The largest absolute Gasteiger partial charge is 0.398 e. The molecule has 0 fully saturated rings. The van der Waals surface area contributed by atoms with Crippen LogP contribution in [0.3, 0.4) is 0 Å². The number of anilines is 3. The van der Waals surface area contributed by atoms with Crippen molar-refractivity contribution in [1.82, 2.24) is 0 Å². The van der Waals surface area contributed by atoms with Gasteiger partial charge in [0.25, 0.3) is 5.91 Å². The van der Waals surface area contributed by atoms with Crippen LogP contribution in [0.5, 0.6) is 0 Å². The quantitative estimate of drug-likeness (QED) is 0.853. The van der Waals surface area contributed by atoms with E-state index in [4.69, 9.17) is 17.3 Å². The number of rotatable bonds is 3. The summed E-state index contributed by atoms with van der Waals surface area (Å²) in [7, 11) is 3.82. The highest BCUT2D eigenvalue weighted by molar-refractivity contribution is 6.33. The Labute approximate surface area is 129 Å². The number of nitrogen functional groups attached to an aromatic ring is 1. The van der Waals surface area contributed by atoms with Crippen molar-refractivity contribution in [3.63, 3.8) is 0 Å². The van der Waals surface area contributed by atoms with Gasteiger partial charge in [-0.05, 0) is 36.8 Å². The van der Waals surface area contributed by atoms with Crippen molar-refractivity contribution in [2.75, 3.05) is 30.0 Å². The predicted octanol–water partition coefficient (Wildman–Crippen LogP) is 3.55. The molecule has 0 atom stereocenters. The van der Waals surface area contributed by atoms with Gasteiger partial charge in [0, 0.05) is 25.5 Å². The number of carbonyl (C=O) groups is 1. The Balaban J connectivity index is 2.24. The van der Waals surface area contributed by atoms with E-state index >= 15 is 0 Å². The first-order valence-electron chi connectivity index (χ1n) is 6.53. The maximum Gasteiger partial charge on any atom is 0.257 e. The van der Waals surface area contributed by atoms with Gasteiger partial charge in [-0.2, -0.15) is 0 Å². The standard InChI is InChI=1S/C16H18ClN3O/c1-10-5-4-6-12(15(10)18)16(21)19-11-7-8-14(20(2)3)13(17)9-11/h4-9H,18H2,1-3H3,(H,19,21). The van der Waals surface area contributed by atoms with Crippen LogP contribution in [0.2, 0.25) is 5.02 Å². The number of carbonyl (C=O) groups excluding carboxylic acids is 1. The van der Waals surface area contributed by atoms with Gasteiger partial charge in [0.15, 0.2) is 0 Å². The highest BCUT2D eigenvalue weighted by Crippen LogP contribution is 2.28. The number of hydrogen-bond donors (Lipinski definition) is 2. The third-order valence-corrected chi connectivity index (χ3v) is 3.56. The molecule has 5 heteroatoms. The molecule has 3 N–H and O–H groups in total. The summed E-state index contributed by atoms with van der Waals surface area (Å²) in [5.41, 5.74) is 9.30. The number of nitrogens with two attached hydrogens (primary N) is 1. The number of aryl methyl sites for hydroxylation is 1. The molecule has 0 saturated carbocycles. The Bertz CT molecular complexity index is 683. The molecule has 0 heterocycles. The Hall–Kier alpha value is -2.20. The first kappa shape index (κ1) is 15.2. The lowest BCUT2D eigenvalue weighted by Crippen LogP contribution is -2.15. The number of halogens is 1. The van der Waals surface area contributed by atoms with Crippen LogP contribution in [0.15, 0.2) is 36.4 Å². The summed E-state index contributed by atoms with van der Waals surface area (Å²) in [6, 6.07) is 10.8. The average Bonchev–Trinajstić information content (AvgIpc) is 2.41. The van der Waals surface area contributed by atoms with Gasteiger partial charge in [-0.15, -0.1) is 0 Å². The normalized spacial score (nSPS) is 10.3. The number of benzene rings is 2. The van der Waals surface area contributed by atoms with Crippen molar-refractivity contribution in [1.29, 1.82) is 0 Å². The third-order valence-electron chi connectivity index (χ3n) is 3.26. The fraction of sp³-hybridized carbons (Fsp3) is 0.188. The van der Waals surface area contributed by atoms with Gasteiger partial charge < -0.3 is 16.0 Å². The molecule has 2 rings (SSSR count). The van der Waals surface area contributed by atoms with Crippen LogP contribution in [0, 0.1) is 6.92 Å². The van der Waals surface area contributed by atoms with Crippen LogP contribution in [-0.2, 0) is 0 Å². The van der Waals surface area contributed by atoms with Crippen molar-refractivity contribution < 1.29 is 4.79 Å². The fourth-order valence-electron chi connectivity index (χ4n) is 2.02. The van der Waals surface area contributed by atoms with Crippen molar-refractivity contribution in [2.24, 2.45) is 0 Å². The van der Waals surface area contributed by atoms with Gasteiger partial charge in [-0.3, -0.25) is 4.79 Å². The van der Waals surface area contributed by atoms with E-state index in [1.807, 2.05) is 50.2 Å². The molecule has 21 heavy (non-hydrogen) atoms. The molecule has 0 aromatic heterocycles. The highest BCUT2D eigenvalue weighted by atomic mass is 35.5. The average molecular weight is 304 g/mol. The molecule has 1 amide bonds. The predicted molar refractivity (Wildman–Crippen MR) is 89.3 cm³/mol. The molecular weight excluding hydrogens is 286 g/mol. The van der Waals surface area contributed by atoms with Crippen molar-refractivity contribution >= 4 is 34.6 Å². The summed E-state index contributed by atoms with van der Waals surface area (Å²) in [5.74, 6) is -0.245. The lowest BCUT2D eigenvalue weighted by molar-refractivity contribution is 0.102. The van der Waals surface area contributed by atoms with Gasteiger partial charge in [-0.25, -0.2) is 0 Å². The zero-order chi connectivity index (χ0) is 15.6. The van der Waals surface area contributed by atoms with E-state index in [-0.39, 0.29) is 5.91 Å². The van der Waals surface area contributed by atoms with Gasteiger partial charge in [0.05, 0.1) is 16.3 Å². The Morgan fingerprint density at radius 3 is 2.57 bits per heavy atom. The monoisotopic (exact) mass is 303 g/mol. The van der Waals surface area contributed by atoms with E-state index in [9.17, 15) is 4.79 Å². The fourth-order valence-corrected chi connectivity index (χ4v) is 2.37. The molecule has 2 aromatic carbocycles. The maximum atomic E-state index is 12.3. The van der Waals surface area contributed by atoms with E-state index in [2.05, 4.69) is 5.32 Å². The van der Waals surface area contributed by atoms with E-state index < -0.39 is 0 Å². The van der Waals surface area contributed by atoms with Crippen LogP contribution >= 0.6 is 11.6 Å². The molecule has 0 bridgehead atoms. The molecular formula is C16H18ClN3O. The minimum atomic E-state index is -0.245. The van der Waals surface area contributed by atoms with Crippen LogP contribution in [0.25, 0.3) is 0 Å². The summed E-state index contributed by atoms with van der Waals surface area (Å²) in [5, 5.41) is 3.39. The van der Waals surface area contributed by atoms with E-state index in [0.29, 0.717) is 22.0 Å². The van der Waals surface area contributed by atoms with Crippen molar-refractivity contribution in [2.45, 2.75) is 6.92 Å². The molecule has 110 valence electrons. The molecule has 0 unspecified atom stereocenters. The Kier molecular flexibility index (Phi) is 4.38. The number of hydrogen-bond acceptors (Lipinski definition) is 3. The van der Waals surface area contributed by atoms with Crippen molar-refractivity contribution in [3.8, 4) is 0 Å². The molecule has 4 nitrogen and oxygen atoms in total. The van der Waals surface area contributed by atoms with Crippen molar-refractivity contribution in [3.05, 3.63) is 52.5 Å². The molecule has 0 aliphatic heterocycles. The molecule has 0 spiro atoms. The first-order valence-corrected chi connectivity index (χ1v) is 6.91. The summed E-state index contributed by atoms with van der Waals surface area (Å²) in [4.78, 5) is 14.2. The topological polar surface area (TPSA) is 58.4 Å². The van der Waals surface area contributed by atoms with Gasteiger partial charge in [0.2, 0.25) is 0 Å². The molecule has 0 radical (unpaired) electrons. The van der Waals surface area contributed by atoms with Crippen LogP contribution < -0.4 is 16.0 Å². The lowest BCUT2D eigenvalue weighted by atomic mass is 10.1. The van der Waals surface area contributed by atoms with E-state index in [1.165, 1.54) is 0 Å². The van der Waals surface area contributed by atoms with Crippen LogP contribution in [-0.4, -0.2) is 20.0 Å². The minimum Gasteiger partial charge on any atom is -0.398 e. The third kappa shape index (κ3) is 3.28. The van der Waals surface area contributed by atoms with Gasteiger partial charge in [0.1, 0.15) is 0 Å². The van der Waals surface area contributed by atoms with Gasteiger partial charge >= 0.3 is 0 Å². The first-order chi connectivity index (χ1) is 9.90. The van der Waals surface area contributed by atoms with Gasteiger partial charge in [-0.1, -0.05) is 23.7 Å². The lowest BCUT2D eigenvalue weighted by Gasteiger charge is -2.15. The summed E-state index contributed by atoms with van der Waals surface area (Å²) >= 11 is 6.19. The second-order valence-corrected chi connectivity index (χ2v) is 5.46. The second kappa shape index (κ2) is 6.06. The number of nitrogens with zero attached hydrogens (tertiary/aromatic N) is 1. The molecule has 0 aliphatic rings. The highest BCUT2D eigenvalue weighted by Gasteiger charge is 2.12. The zero-order valence-electron chi connectivity index (χ0n) is 12.3. The van der Waals surface area contributed by atoms with Crippen LogP contribution in [0.1, 0.15) is 15.9 Å². The molecule has 0 saturated heterocycles. The minimum absolute atomic E-state index is 0.245. The number of para-hydroxylation sites is 1. The maximum absolute atomic E-state index is 12.3. The zero-order valence-corrected chi connectivity index (χ0v) is 13.0. The number of amides is 1. The molecule has 2 aromatic rings. The van der Waals surface area contributed by atoms with E-state index in [1.54, 1.807) is 12.1 Å². The van der Waals surface area contributed by atoms with E-state index in [0.717, 1.165) is 11.3 Å². The Morgan fingerprint density at radius 2 is 1.95 bits per heavy atom. The SMILES string of the molecule is Cc1cccc(C(=O)Nc2ccc(N(C)C)c(Cl)c2)c1N. The summed E-state index contributed by atoms with van der Waals surface area (Å²) < 4.78 is 0. The summed E-state index contributed by atoms with van der Waals surface area (Å²) in [6.45, 7) is 1.87. The molecule has 0 aliphatic carbocycles.